The van der Waals surface area contributed by atoms with E-state index in [0.29, 0.717) is 17.6 Å². The highest BCUT2D eigenvalue weighted by atomic mass is 19.2. The Kier molecular flexibility index (Phi) is 6.06. The number of halogens is 3. The Balaban J connectivity index is 1.38. The van der Waals surface area contributed by atoms with Crippen LogP contribution < -0.4 is 10.5 Å². The molecule has 1 N–H and O–H groups in total. The van der Waals surface area contributed by atoms with Gasteiger partial charge in [0.25, 0.3) is 11.3 Å². The molecule has 0 spiro atoms. The van der Waals surface area contributed by atoms with E-state index in [1.54, 1.807) is 6.92 Å². The smallest absolute Gasteiger partial charge is 0.277 e. The SMILES string of the molecule is Cc1nc2nc(C(C)N3CCN(c4ccccc4)CC3)[nH]n2c(=O)c1Cc1cc(F)c(F)cc1F. The lowest BCUT2D eigenvalue weighted by Crippen LogP contribution is -2.47. The molecule has 182 valence electrons. The Morgan fingerprint density at radius 3 is 2.37 bits per heavy atom. The van der Waals surface area contributed by atoms with Crippen molar-refractivity contribution in [2.24, 2.45) is 0 Å². The number of nitrogens with zero attached hydrogens (tertiary/aromatic N) is 5. The van der Waals surface area contributed by atoms with Crippen LogP contribution in [0.1, 0.15) is 35.6 Å². The summed E-state index contributed by atoms with van der Waals surface area (Å²) in [7, 11) is 0. The quantitative estimate of drug-likeness (QED) is 0.440. The number of nitrogens with one attached hydrogen (secondary N) is 1. The number of hydrogen-bond acceptors (Lipinski definition) is 5. The Labute approximate surface area is 199 Å². The summed E-state index contributed by atoms with van der Waals surface area (Å²) in [6.45, 7) is 7.04. The lowest BCUT2D eigenvalue weighted by molar-refractivity contribution is 0.192. The zero-order valence-corrected chi connectivity index (χ0v) is 19.4. The van der Waals surface area contributed by atoms with Crippen LogP contribution in [0.5, 0.6) is 0 Å². The molecular formula is C25H25F3N6O. The molecule has 1 saturated heterocycles. The van der Waals surface area contributed by atoms with Crippen LogP contribution in [0.3, 0.4) is 0 Å². The van der Waals surface area contributed by atoms with E-state index in [0.717, 1.165) is 32.2 Å². The van der Waals surface area contributed by atoms with Crippen molar-refractivity contribution in [3.8, 4) is 0 Å². The van der Waals surface area contributed by atoms with Crippen LogP contribution in [0.2, 0.25) is 0 Å². The fourth-order valence-electron chi connectivity index (χ4n) is 4.53. The summed E-state index contributed by atoms with van der Waals surface area (Å²) >= 11 is 0. The number of aryl methyl sites for hydroxylation is 1. The number of hydrogen-bond donors (Lipinski definition) is 1. The molecule has 0 aliphatic carbocycles. The van der Waals surface area contributed by atoms with E-state index < -0.39 is 23.0 Å². The van der Waals surface area contributed by atoms with Crippen molar-refractivity contribution in [3.63, 3.8) is 0 Å². The average Bonchev–Trinajstić information content (AvgIpc) is 3.29. The van der Waals surface area contributed by atoms with Crippen LogP contribution in [0.25, 0.3) is 5.78 Å². The first-order valence-electron chi connectivity index (χ1n) is 11.5. The average molecular weight is 483 g/mol. The lowest BCUT2D eigenvalue weighted by atomic mass is 10.0. The van der Waals surface area contributed by atoms with Gasteiger partial charge in [0.2, 0.25) is 0 Å². The molecule has 0 bridgehead atoms. The van der Waals surface area contributed by atoms with Gasteiger partial charge in [0.05, 0.1) is 11.7 Å². The largest absolute Gasteiger partial charge is 0.369 e. The number of aromatic nitrogens is 4. The molecule has 1 aliphatic heterocycles. The maximum absolute atomic E-state index is 14.2. The zero-order chi connectivity index (χ0) is 24.7. The monoisotopic (exact) mass is 482 g/mol. The fraction of sp³-hybridized carbons (Fsp3) is 0.320. The van der Waals surface area contributed by atoms with Gasteiger partial charge < -0.3 is 4.90 Å². The van der Waals surface area contributed by atoms with E-state index in [4.69, 9.17) is 0 Å². The topological polar surface area (TPSA) is 69.5 Å². The number of anilines is 1. The summed E-state index contributed by atoms with van der Waals surface area (Å²) in [5, 5.41) is 3.04. The highest BCUT2D eigenvalue weighted by Crippen LogP contribution is 2.23. The molecule has 1 atom stereocenters. The minimum atomic E-state index is -1.27. The molecule has 1 aliphatic rings. The minimum Gasteiger partial charge on any atom is -0.369 e. The number of fused-ring (bicyclic) bond motifs is 1. The second kappa shape index (κ2) is 9.18. The summed E-state index contributed by atoms with van der Waals surface area (Å²) in [6, 6.07) is 11.4. The van der Waals surface area contributed by atoms with Crippen molar-refractivity contribution in [2.45, 2.75) is 26.3 Å². The third-order valence-electron chi connectivity index (χ3n) is 6.65. The van der Waals surface area contributed by atoms with E-state index >= 15 is 0 Å². The van der Waals surface area contributed by atoms with Crippen LogP contribution in [0.15, 0.2) is 47.3 Å². The zero-order valence-electron chi connectivity index (χ0n) is 19.4. The van der Waals surface area contributed by atoms with E-state index in [2.05, 4.69) is 37.0 Å². The molecule has 35 heavy (non-hydrogen) atoms. The molecule has 2 aromatic carbocycles. The number of aromatic amines is 1. The van der Waals surface area contributed by atoms with Gasteiger partial charge in [0.1, 0.15) is 11.6 Å². The molecule has 5 rings (SSSR count). The van der Waals surface area contributed by atoms with Crippen molar-refractivity contribution >= 4 is 11.5 Å². The number of piperazine rings is 1. The lowest BCUT2D eigenvalue weighted by Gasteiger charge is -2.38. The second-order valence-corrected chi connectivity index (χ2v) is 8.79. The molecule has 0 amide bonds. The number of benzene rings is 2. The summed E-state index contributed by atoms with van der Waals surface area (Å²) in [5.74, 6) is -2.55. The molecule has 10 heteroatoms. The molecule has 0 radical (unpaired) electrons. The molecular weight excluding hydrogens is 457 g/mol. The van der Waals surface area contributed by atoms with Gasteiger partial charge in [-0.15, -0.1) is 0 Å². The van der Waals surface area contributed by atoms with Crippen molar-refractivity contribution in [1.82, 2.24) is 24.5 Å². The van der Waals surface area contributed by atoms with Crippen molar-refractivity contribution in [2.75, 3.05) is 31.1 Å². The van der Waals surface area contributed by atoms with Gasteiger partial charge in [-0.1, -0.05) is 18.2 Å². The highest BCUT2D eigenvalue weighted by molar-refractivity contribution is 5.46. The fourth-order valence-corrected chi connectivity index (χ4v) is 4.53. The van der Waals surface area contributed by atoms with Crippen LogP contribution in [-0.4, -0.2) is 50.7 Å². The molecule has 7 nitrogen and oxygen atoms in total. The Morgan fingerprint density at radius 2 is 1.66 bits per heavy atom. The number of para-hydroxylation sites is 1. The third-order valence-corrected chi connectivity index (χ3v) is 6.65. The predicted octanol–water partition coefficient (Wildman–Crippen LogP) is 3.62. The first-order valence-corrected chi connectivity index (χ1v) is 11.5. The number of rotatable bonds is 5. The summed E-state index contributed by atoms with van der Waals surface area (Å²) < 4.78 is 42.3. The first-order chi connectivity index (χ1) is 16.8. The number of H-pyrrole nitrogens is 1. The standard InChI is InChI=1S/C25H25F3N6O/c1-15-19(12-17-13-21(27)22(28)14-20(17)26)24(35)34-25(29-15)30-23(31-34)16(2)32-8-10-33(11-9-32)18-6-4-3-5-7-18/h3-7,13-14,16H,8-12H2,1-2H3,(H,29,30,31). The van der Waals surface area contributed by atoms with Gasteiger partial charge in [-0.25, -0.2) is 18.2 Å². The van der Waals surface area contributed by atoms with Crippen molar-refractivity contribution in [1.29, 1.82) is 0 Å². The Morgan fingerprint density at radius 1 is 0.971 bits per heavy atom. The van der Waals surface area contributed by atoms with Gasteiger partial charge in [-0.2, -0.15) is 9.50 Å². The van der Waals surface area contributed by atoms with E-state index in [1.807, 2.05) is 25.1 Å². The van der Waals surface area contributed by atoms with Gasteiger partial charge in [0, 0.05) is 49.9 Å². The molecule has 1 unspecified atom stereocenters. The molecule has 4 aromatic rings. The molecule has 1 fully saturated rings. The maximum Gasteiger partial charge on any atom is 0.277 e. The summed E-state index contributed by atoms with van der Waals surface area (Å²) in [5.41, 5.74) is 1.18. The van der Waals surface area contributed by atoms with Crippen molar-refractivity contribution in [3.05, 3.63) is 92.9 Å². The minimum absolute atomic E-state index is 0.0820. The highest BCUT2D eigenvalue weighted by Gasteiger charge is 2.25. The predicted molar refractivity (Wildman–Crippen MR) is 126 cm³/mol. The third kappa shape index (κ3) is 4.41. The van der Waals surface area contributed by atoms with Crippen LogP contribution >= 0.6 is 0 Å². The van der Waals surface area contributed by atoms with Crippen LogP contribution in [0, 0.1) is 24.4 Å². The van der Waals surface area contributed by atoms with Gasteiger partial charge in [-0.05, 0) is 37.6 Å². The van der Waals surface area contributed by atoms with Gasteiger partial charge >= 0.3 is 0 Å². The van der Waals surface area contributed by atoms with E-state index in [9.17, 15) is 18.0 Å². The second-order valence-electron chi connectivity index (χ2n) is 8.79. The van der Waals surface area contributed by atoms with E-state index in [1.165, 1.54) is 10.2 Å². The Hall–Kier alpha value is -3.66. The van der Waals surface area contributed by atoms with Gasteiger partial charge in [-0.3, -0.25) is 14.8 Å². The summed E-state index contributed by atoms with van der Waals surface area (Å²) in [6.07, 6.45) is -0.213. The molecule has 0 saturated carbocycles. The maximum atomic E-state index is 14.2. The summed E-state index contributed by atoms with van der Waals surface area (Å²) in [4.78, 5) is 26.7. The van der Waals surface area contributed by atoms with Crippen LogP contribution in [-0.2, 0) is 6.42 Å². The van der Waals surface area contributed by atoms with Gasteiger partial charge in [0.15, 0.2) is 11.6 Å². The van der Waals surface area contributed by atoms with E-state index in [-0.39, 0.29) is 29.4 Å². The molecule has 2 aromatic heterocycles. The Bertz CT molecular complexity index is 1430. The normalized spacial score (nSPS) is 15.6. The van der Waals surface area contributed by atoms with Crippen molar-refractivity contribution < 1.29 is 13.2 Å². The molecule has 3 heterocycles. The van der Waals surface area contributed by atoms with Crippen LogP contribution in [0.4, 0.5) is 18.9 Å². The first kappa shape index (κ1) is 23.1.